The summed E-state index contributed by atoms with van der Waals surface area (Å²) in [6, 6.07) is 8.24. The predicted molar refractivity (Wildman–Crippen MR) is 82.7 cm³/mol. The molecule has 0 aliphatic heterocycles. The summed E-state index contributed by atoms with van der Waals surface area (Å²) in [5.74, 6) is 2.32. The van der Waals surface area contributed by atoms with Crippen LogP contribution in [0.2, 0.25) is 0 Å². The van der Waals surface area contributed by atoms with E-state index in [4.69, 9.17) is 5.73 Å². The molecule has 20 heavy (non-hydrogen) atoms. The number of thioether (sulfide) groups is 1. The highest BCUT2D eigenvalue weighted by Gasteiger charge is 2.21. The van der Waals surface area contributed by atoms with E-state index in [1.165, 1.54) is 17.7 Å². The lowest BCUT2D eigenvalue weighted by Gasteiger charge is -2.10. The first-order valence-corrected chi connectivity index (χ1v) is 8.14. The Labute approximate surface area is 123 Å². The SMILES string of the molecule is CSc1ccc(-c2nc(N)nc(C3CCCC3)n2)cc1. The van der Waals surface area contributed by atoms with E-state index in [9.17, 15) is 0 Å². The first kappa shape index (κ1) is 13.4. The van der Waals surface area contributed by atoms with E-state index in [1.807, 2.05) is 12.1 Å². The van der Waals surface area contributed by atoms with Gasteiger partial charge in [0, 0.05) is 16.4 Å². The Balaban J connectivity index is 1.95. The monoisotopic (exact) mass is 286 g/mol. The minimum atomic E-state index is 0.325. The number of anilines is 1. The van der Waals surface area contributed by atoms with Gasteiger partial charge in [-0.05, 0) is 31.2 Å². The third-order valence-corrected chi connectivity index (χ3v) is 4.48. The van der Waals surface area contributed by atoms with E-state index in [1.54, 1.807) is 11.8 Å². The van der Waals surface area contributed by atoms with Crippen LogP contribution >= 0.6 is 11.8 Å². The number of nitrogen functional groups attached to an aromatic ring is 1. The third kappa shape index (κ3) is 2.77. The van der Waals surface area contributed by atoms with Crippen molar-refractivity contribution in [2.45, 2.75) is 36.5 Å². The van der Waals surface area contributed by atoms with Crippen LogP contribution in [0.25, 0.3) is 11.4 Å². The summed E-state index contributed by atoms with van der Waals surface area (Å²) in [4.78, 5) is 14.5. The van der Waals surface area contributed by atoms with Crippen LogP contribution in [0.5, 0.6) is 0 Å². The zero-order chi connectivity index (χ0) is 13.9. The average Bonchev–Trinajstić information content (AvgIpc) is 3.01. The second-order valence-corrected chi connectivity index (χ2v) is 5.96. The maximum atomic E-state index is 5.85. The van der Waals surface area contributed by atoms with Crippen molar-refractivity contribution >= 4 is 17.7 Å². The van der Waals surface area contributed by atoms with E-state index < -0.39 is 0 Å². The maximum absolute atomic E-state index is 5.85. The van der Waals surface area contributed by atoms with Gasteiger partial charge in [0.1, 0.15) is 5.82 Å². The number of benzene rings is 1. The summed E-state index contributed by atoms with van der Waals surface area (Å²) in [6.07, 6.45) is 6.90. The fourth-order valence-corrected chi connectivity index (χ4v) is 3.05. The summed E-state index contributed by atoms with van der Waals surface area (Å²) in [6.45, 7) is 0. The van der Waals surface area contributed by atoms with Gasteiger partial charge in [-0.25, -0.2) is 4.98 Å². The second-order valence-electron chi connectivity index (χ2n) is 5.09. The van der Waals surface area contributed by atoms with Crippen LogP contribution in [0.4, 0.5) is 5.95 Å². The highest BCUT2D eigenvalue weighted by Crippen LogP contribution is 2.33. The molecule has 0 amide bonds. The number of nitrogens with two attached hydrogens (primary N) is 1. The number of aromatic nitrogens is 3. The molecule has 1 aliphatic carbocycles. The van der Waals surface area contributed by atoms with Gasteiger partial charge in [0.15, 0.2) is 5.82 Å². The first-order chi connectivity index (χ1) is 9.76. The Kier molecular flexibility index (Phi) is 3.87. The molecule has 1 heterocycles. The van der Waals surface area contributed by atoms with Gasteiger partial charge < -0.3 is 5.73 Å². The predicted octanol–water partition coefficient (Wildman–Crippen LogP) is 3.50. The Hall–Kier alpha value is -1.62. The Bertz CT molecular complexity index is 591. The lowest BCUT2D eigenvalue weighted by molar-refractivity contribution is 0.665. The normalized spacial score (nSPS) is 15.7. The van der Waals surface area contributed by atoms with Gasteiger partial charge >= 0.3 is 0 Å². The summed E-state index contributed by atoms with van der Waals surface area (Å²) in [5.41, 5.74) is 6.85. The van der Waals surface area contributed by atoms with Crippen molar-refractivity contribution in [3.8, 4) is 11.4 Å². The van der Waals surface area contributed by atoms with Crippen molar-refractivity contribution in [1.82, 2.24) is 15.0 Å². The minimum absolute atomic E-state index is 0.325. The molecule has 2 N–H and O–H groups in total. The number of nitrogens with zero attached hydrogens (tertiary/aromatic N) is 3. The van der Waals surface area contributed by atoms with Gasteiger partial charge in [0.2, 0.25) is 5.95 Å². The number of hydrogen-bond donors (Lipinski definition) is 1. The zero-order valence-corrected chi connectivity index (χ0v) is 12.4. The van der Waals surface area contributed by atoms with Gasteiger partial charge in [-0.2, -0.15) is 9.97 Å². The maximum Gasteiger partial charge on any atom is 0.223 e. The summed E-state index contributed by atoms with van der Waals surface area (Å²) < 4.78 is 0. The number of rotatable bonds is 3. The van der Waals surface area contributed by atoms with E-state index in [-0.39, 0.29) is 0 Å². The van der Waals surface area contributed by atoms with E-state index in [0.29, 0.717) is 17.7 Å². The quantitative estimate of drug-likeness (QED) is 0.875. The first-order valence-electron chi connectivity index (χ1n) is 6.92. The lowest BCUT2D eigenvalue weighted by Crippen LogP contribution is -2.07. The molecule has 3 rings (SSSR count). The van der Waals surface area contributed by atoms with Crippen molar-refractivity contribution in [3.63, 3.8) is 0 Å². The average molecular weight is 286 g/mol. The van der Waals surface area contributed by atoms with E-state index in [2.05, 4.69) is 33.3 Å². The molecule has 0 atom stereocenters. The van der Waals surface area contributed by atoms with Crippen molar-refractivity contribution in [1.29, 1.82) is 0 Å². The van der Waals surface area contributed by atoms with Crippen molar-refractivity contribution in [2.75, 3.05) is 12.0 Å². The minimum Gasteiger partial charge on any atom is -0.368 e. The van der Waals surface area contributed by atoms with Gasteiger partial charge in [-0.3, -0.25) is 0 Å². The topological polar surface area (TPSA) is 64.7 Å². The van der Waals surface area contributed by atoms with Crippen molar-refractivity contribution < 1.29 is 0 Å². The Morgan fingerprint density at radius 3 is 2.40 bits per heavy atom. The van der Waals surface area contributed by atoms with Crippen LogP contribution < -0.4 is 5.73 Å². The largest absolute Gasteiger partial charge is 0.368 e. The fourth-order valence-electron chi connectivity index (χ4n) is 2.65. The lowest BCUT2D eigenvalue weighted by atomic mass is 10.1. The van der Waals surface area contributed by atoms with E-state index >= 15 is 0 Å². The molecular formula is C15H18N4S. The molecule has 2 aromatic rings. The molecule has 104 valence electrons. The molecule has 0 unspecified atom stereocenters. The Morgan fingerprint density at radius 1 is 1.05 bits per heavy atom. The van der Waals surface area contributed by atoms with Crippen LogP contribution in [-0.4, -0.2) is 21.2 Å². The van der Waals surface area contributed by atoms with Crippen molar-refractivity contribution in [2.24, 2.45) is 0 Å². The highest BCUT2D eigenvalue weighted by atomic mass is 32.2. The molecule has 4 nitrogen and oxygen atoms in total. The molecular weight excluding hydrogens is 268 g/mol. The molecule has 5 heteroatoms. The summed E-state index contributed by atoms with van der Waals surface area (Å²) >= 11 is 1.72. The van der Waals surface area contributed by atoms with E-state index in [0.717, 1.165) is 24.2 Å². The van der Waals surface area contributed by atoms with Gasteiger partial charge in [-0.15, -0.1) is 11.8 Å². The molecule has 1 fully saturated rings. The van der Waals surface area contributed by atoms with Gasteiger partial charge in [-0.1, -0.05) is 25.0 Å². The summed E-state index contributed by atoms with van der Waals surface area (Å²) in [7, 11) is 0. The van der Waals surface area contributed by atoms with Crippen LogP contribution in [0, 0.1) is 0 Å². The standard InChI is InChI=1S/C15H18N4S/c1-20-12-8-6-11(7-9-12)14-17-13(18-15(16)19-14)10-4-2-3-5-10/h6-10H,2-5H2,1H3,(H2,16,17,18,19). The summed E-state index contributed by atoms with van der Waals surface area (Å²) in [5, 5.41) is 0. The second kappa shape index (κ2) is 5.79. The van der Waals surface area contributed by atoms with Gasteiger partial charge in [0.05, 0.1) is 0 Å². The molecule has 0 saturated heterocycles. The smallest absolute Gasteiger partial charge is 0.223 e. The zero-order valence-electron chi connectivity index (χ0n) is 11.5. The Morgan fingerprint density at radius 2 is 1.75 bits per heavy atom. The molecule has 1 aromatic carbocycles. The van der Waals surface area contributed by atoms with Crippen LogP contribution in [0.15, 0.2) is 29.2 Å². The number of hydrogen-bond acceptors (Lipinski definition) is 5. The van der Waals surface area contributed by atoms with Crippen LogP contribution in [0.1, 0.15) is 37.4 Å². The fraction of sp³-hybridized carbons (Fsp3) is 0.400. The molecule has 0 spiro atoms. The van der Waals surface area contributed by atoms with Crippen LogP contribution in [0.3, 0.4) is 0 Å². The molecule has 0 radical (unpaired) electrons. The highest BCUT2D eigenvalue weighted by molar-refractivity contribution is 7.98. The third-order valence-electron chi connectivity index (χ3n) is 3.74. The molecule has 1 aliphatic rings. The molecule has 1 saturated carbocycles. The molecule has 0 bridgehead atoms. The molecule has 1 aromatic heterocycles. The van der Waals surface area contributed by atoms with Crippen LogP contribution in [-0.2, 0) is 0 Å². The van der Waals surface area contributed by atoms with Gasteiger partial charge in [0.25, 0.3) is 0 Å². The van der Waals surface area contributed by atoms with Crippen molar-refractivity contribution in [3.05, 3.63) is 30.1 Å².